The monoisotopic (exact) mass is 260 g/mol. The molecule has 0 radical (unpaired) electrons. The highest BCUT2D eigenvalue weighted by Crippen LogP contribution is 1.99. The summed E-state index contributed by atoms with van der Waals surface area (Å²) in [6, 6.07) is 0. The van der Waals surface area contributed by atoms with E-state index in [1.165, 1.54) is 0 Å². The largest absolute Gasteiger partial charge is 0.450 e. The quantitative estimate of drug-likeness (QED) is 0.589. The Morgan fingerprint density at radius 2 is 1.67 bits per heavy atom. The minimum Gasteiger partial charge on any atom is -0.450 e. The van der Waals surface area contributed by atoms with E-state index >= 15 is 0 Å². The van der Waals surface area contributed by atoms with Gasteiger partial charge in [-0.15, -0.1) is 0 Å². The van der Waals surface area contributed by atoms with Crippen molar-refractivity contribution < 1.29 is 19.1 Å². The normalized spacial score (nSPS) is 9.83. The summed E-state index contributed by atoms with van der Waals surface area (Å²) >= 11 is 0. The van der Waals surface area contributed by atoms with Crippen molar-refractivity contribution in [1.82, 2.24) is 5.32 Å². The maximum Gasteiger partial charge on any atom is 0.407 e. The van der Waals surface area contributed by atoms with Crippen LogP contribution in [0.1, 0.15) is 45.4 Å². The van der Waals surface area contributed by atoms with E-state index in [2.05, 4.69) is 10.1 Å². The zero-order valence-corrected chi connectivity index (χ0v) is 11.1. The van der Waals surface area contributed by atoms with Crippen LogP contribution >= 0.6 is 0 Å². The number of unbranched alkanes of at least 4 members (excludes halogenated alkanes) is 4. The number of nitrogens with two attached hydrogens (primary N) is 1. The van der Waals surface area contributed by atoms with Crippen molar-refractivity contribution in [2.45, 2.75) is 45.4 Å². The summed E-state index contributed by atoms with van der Waals surface area (Å²) in [4.78, 5) is 21.4. The van der Waals surface area contributed by atoms with Crippen LogP contribution in [0.25, 0.3) is 0 Å². The van der Waals surface area contributed by atoms with E-state index in [0.29, 0.717) is 19.8 Å². The molecule has 106 valence electrons. The Hall–Kier alpha value is -1.46. The third kappa shape index (κ3) is 12.6. The maximum absolute atomic E-state index is 11.1. The molecule has 0 fully saturated rings. The number of amides is 2. The second-order valence-corrected chi connectivity index (χ2v) is 4.00. The number of carbonyl (C=O) groups excluding carboxylic acids is 2. The van der Waals surface area contributed by atoms with E-state index in [9.17, 15) is 9.59 Å². The number of nitrogens with one attached hydrogen (secondary N) is 1. The van der Waals surface area contributed by atoms with Crippen molar-refractivity contribution in [3.63, 3.8) is 0 Å². The molecular weight excluding hydrogens is 236 g/mol. The second kappa shape index (κ2) is 12.0. The molecule has 0 atom stereocenters. The summed E-state index contributed by atoms with van der Waals surface area (Å²) in [5, 5.41) is 2.68. The molecule has 6 heteroatoms. The number of rotatable bonds is 10. The van der Waals surface area contributed by atoms with Gasteiger partial charge in [0, 0.05) is 6.54 Å². The van der Waals surface area contributed by atoms with Gasteiger partial charge in [-0.25, -0.2) is 9.59 Å². The highest BCUT2D eigenvalue weighted by atomic mass is 16.5. The Morgan fingerprint density at radius 3 is 2.33 bits per heavy atom. The molecule has 0 aliphatic heterocycles. The van der Waals surface area contributed by atoms with E-state index in [-0.39, 0.29) is 6.09 Å². The number of hydrogen-bond acceptors (Lipinski definition) is 4. The van der Waals surface area contributed by atoms with Gasteiger partial charge in [-0.05, 0) is 25.7 Å². The highest BCUT2D eigenvalue weighted by molar-refractivity contribution is 5.66. The van der Waals surface area contributed by atoms with Gasteiger partial charge in [-0.3, -0.25) is 0 Å². The number of ether oxygens (including phenoxy) is 2. The van der Waals surface area contributed by atoms with Crippen molar-refractivity contribution in [2.75, 3.05) is 19.8 Å². The van der Waals surface area contributed by atoms with E-state index in [4.69, 9.17) is 10.5 Å². The molecule has 2 amide bonds. The molecule has 0 heterocycles. The SMILES string of the molecule is CCCCOC(=O)NCCCCCCOC(N)=O. The lowest BCUT2D eigenvalue weighted by Crippen LogP contribution is -2.25. The molecular formula is C12H24N2O4. The Kier molecular flexibility index (Phi) is 11.0. The first-order chi connectivity index (χ1) is 8.66. The van der Waals surface area contributed by atoms with Crippen LogP contribution in [0.3, 0.4) is 0 Å². The minimum absolute atomic E-state index is 0.347. The summed E-state index contributed by atoms with van der Waals surface area (Å²) in [5.41, 5.74) is 4.82. The fraction of sp³-hybridized carbons (Fsp3) is 0.833. The van der Waals surface area contributed by atoms with Gasteiger partial charge in [0.2, 0.25) is 0 Å². The predicted molar refractivity (Wildman–Crippen MR) is 68.3 cm³/mol. The van der Waals surface area contributed by atoms with Crippen LogP contribution in [-0.4, -0.2) is 31.9 Å². The number of hydrogen-bond donors (Lipinski definition) is 2. The zero-order chi connectivity index (χ0) is 13.6. The van der Waals surface area contributed by atoms with E-state index in [0.717, 1.165) is 38.5 Å². The van der Waals surface area contributed by atoms with Crippen molar-refractivity contribution in [3.05, 3.63) is 0 Å². The van der Waals surface area contributed by atoms with Gasteiger partial charge in [0.05, 0.1) is 13.2 Å². The van der Waals surface area contributed by atoms with Gasteiger partial charge in [-0.1, -0.05) is 19.8 Å². The lowest BCUT2D eigenvalue weighted by Gasteiger charge is -2.06. The van der Waals surface area contributed by atoms with Gasteiger partial charge in [0.15, 0.2) is 0 Å². The van der Waals surface area contributed by atoms with Crippen LogP contribution in [-0.2, 0) is 9.47 Å². The standard InChI is InChI=1S/C12H24N2O4/c1-2-3-9-18-12(16)14-8-6-4-5-7-10-17-11(13)15/h2-10H2,1H3,(H2,13,15)(H,14,16). The molecule has 0 aliphatic rings. The lowest BCUT2D eigenvalue weighted by atomic mass is 10.2. The molecule has 0 aromatic rings. The topological polar surface area (TPSA) is 90.7 Å². The van der Waals surface area contributed by atoms with E-state index in [1.807, 2.05) is 6.92 Å². The van der Waals surface area contributed by atoms with Crippen LogP contribution in [0.4, 0.5) is 9.59 Å². The first kappa shape index (κ1) is 16.5. The zero-order valence-electron chi connectivity index (χ0n) is 11.1. The molecule has 0 rings (SSSR count). The van der Waals surface area contributed by atoms with Crippen molar-refractivity contribution in [1.29, 1.82) is 0 Å². The van der Waals surface area contributed by atoms with Gasteiger partial charge >= 0.3 is 12.2 Å². The molecule has 0 aliphatic carbocycles. The summed E-state index contributed by atoms with van der Waals surface area (Å²) in [7, 11) is 0. The third-order valence-electron chi connectivity index (χ3n) is 2.32. The van der Waals surface area contributed by atoms with Crippen LogP contribution in [0.5, 0.6) is 0 Å². The van der Waals surface area contributed by atoms with Gasteiger partial charge < -0.3 is 20.5 Å². The van der Waals surface area contributed by atoms with Gasteiger partial charge in [0.25, 0.3) is 0 Å². The molecule has 0 aromatic carbocycles. The van der Waals surface area contributed by atoms with E-state index in [1.54, 1.807) is 0 Å². The van der Waals surface area contributed by atoms with Crippen molar-refractivity contribution in [2.24, 2.45) is 5.73 Å². The fourth-order valence-electron chi connectivity index (χ4n) is 1.30. The molecule has 0 unspecified atom stereocenters. The summed E-state index contributed by atoms with van der Waals surface area (Å²) in [6.07, 6.45) is 4.43. The van der Waals surface area contributed by atoms with Crippen molar-refractivity contribution >= 4 is 12.2 Å². The maximum atomic E-state index is 11.1. The molecule has 0 saturated carbocycles. The average Bonchev–Trinajstić information content (AvgIpc) is 2.32. The molecule has 0 saturated heterocycles. The number of primary amides is 1. The molecule has 0 spiro atoms. The average molecular weight is 260 g/mol. The van der Waals surface area contributed by atoms with Gasteiger partial charge in [-0.2, -0.15) is 0 Å². The predicted octanol–water partition coefficient (Wildman–Crippen LogP) is 2.17. The lowest BCUT2D eigenvalue weighted by molar-refractivity contribution is 0.144. The first-order valence-electron chi connectivity index (χ1n) is 6.49. The summed E-state index contributed by atoms with van der Waals surface area (Å²) in [6.45, 7) is 3.50. The second-order valence-electron chi connectivity index (χ2n) is 4.00. The Morgan fingerprint density at radius 1 is 1.00 bits per heavy atom. The molecule has 18 heavy (non-hydrogen) atoms. The molecule has 0 bridgehead atoms. The first-order valence-corrected chi connectivity index (χ1v) is 6.49. The Balaban J connectivity index is 3.15. The summed E-state index contributed by atoms with van der Waals surface area (Å²) < 4.78 is 9.52. The van der Waals surface area contributed by atoms with Crippen LogP contribution in [0.2, 0.25) is 0 Å². The Bertz CT molecular complexity index is 234. The summed E-state index contributed by atoms with van der Waals surface area (Å²) in [5.74, 6) is 0. The third-order valence-corrected chi connectivity index (χ3v) is 2.32. The van der Waals surface area contributed by atoms with Crippen LogP contribution in [0.15, 0.2) is 0 Å². The van der Waals surface area contributed by atoms with Crippen molar-refractivity contribution in [3.8, 4) is 0 Å². The molecule has 0 aromatic heterocycles. The van der Waals surface area contributed by atoms with Crippen LogP contribution in [0, 0.1) is 0 Å². The number of alkyl carbamates (subject to hydrolysis) is 1. The minimum atomic E-state index is -0.730. The molecule has 3 N–H and O–H groups in total. The van der Waals surface area contributed by atoms with Crippen LogP contribution < -0.4 is 11.1 Å². The highest BCUT2D eigenvalue weighted by Gasteiger charge is 2.00. The molecule has 6 nitrogen and oxygen atoms in total. The van der Waals surface area contributed by atoms with E-state index < -0.39 is 6.09 Å². The number of carbonyl (C=O) groups is 2. The smallest absolute Gasteiger partial charge is 0.407 e. The Labute approximate surface area is 108 Å². The van der Waals surface area contributed by atoms with Gasteiger partial charge in [0.1, 0.15) is 0 Å². The fourth-order valence-corrected chi connectivity index (χ4v) is 1.30.